The topological polar surface area (TPSA) is 35.5 Å². The van der Waals surface area contributed by atoms with E-state index in [2.05, 4.69) is 94.4 Å². The number of hydrogen-bond acceptors (Lipinski definition) is 3. The van der Waals surface area contributed by atoms with Gasteiger partial charge in [0.05, 0.1) is 19.6 Å². The van der Waals surface area contributed by atoms with Gasteiger partial charge in [-0.1, -0.05) is 94.4 Å². The molecule has 2 aromatic carbocycles. The van der Waals surface area contributed by atoms with Crippen molar-refractivity contribution in [3.05, 3.63) is 72.3 Å². The molecule has 4 heteroatoms. The van der Waals surface area contributed by atoms with Crippen LogP contribution in [0, 0.1) is 5.41 Å². The highest BCUT2D eigenvalue weighted by Gasteiger charge is 2.50. The lowest BCUT2D eigenvalue weighted by Gasteiger charge is -2.44. The monoisotopic (exact) mass is 450 g/mol. The minimum absolute atomic E-state index is 0.0670. The maximum absolute atomic E-state index is 12.4. The summed E-state index contributed by atoms with van der Waals surface area (Å²) in [5, 5.41) is 2.49. The van der Waals surface area contributed by atoms with Gasteiger partial charge in [-0.2, -0.15) is 0 Å². The maximum Gasteiger partial charge on any atom is 0.306 e. The molecule has 1 unspecified atom stereocenters. The first kappa shape index (κ1) is 24.5. The predicted octanol–water partition coefficient (Wildman–Crippen LogP) is 5.63. The fourth-order valence-electron chi connectivity index (χ4n) is 5.09. The van der Waals surface area contributed by atoms with E-state index < -0.39 is 8.32 Å². The zero-order chi connectivity index (χ0) is 23.2. The van der Waals surface area contributed by atoms with Crippen molar-refractivity contribution in [2.24, 2.45) is 5.41 Å². The van der Waals surface area contributed by atoms with E-state index in [0.29, 0.717) is 19.6 Å². The highest BCUT2D eigenvalue weighted by molar-refractivity contribution is 6.99. The molecule has 3 rings (SSSR count). The highest BCUT2D eigenvalue weighted by Crippen LogP contribution is 2.43. The van der Waals surface area contributed by atoms with Crippen molar-refractivity contribution in [2.75, 3.05) is 13.2 Å². The molecule has 0 aliphatic heterocycles. The zero-order valence-electron chi connectivity index (χ0n) is 20.3. The van der Waals surface area contributed by atoms with Crippen LogP contribution in [0.25, 0.3) is 0 Å². The molecule has 3 nitrogen and oxygen atoms in total. The normalized spacial score (nSPS) is 19.3. The van der Waals surface area contributed by atoms with Gasteiger partial charge in [-0.25, -0.2) is 0 Å². The Bertz CT molecular complexity index is 875. The van der Waals surface area contributed by atoms with Crippen LogP contribution in [0.2, 0.25) is 5.04 Å². The molecule has 0 saturated heterocycles. The van der Waals surface area contributed by atoms with E-state index in [1.165, 1.54) is 15.9 Å². The van der Waals surface area contributed by atoms with E-state index in [1.807, 2.05) is 6.92 Å². The molecule has 1 aliphatic carbocycles. The van der Waals surface area contributed by atoms with Gasteiger partial charge in [0.2, 0.25) is 0 Å². The molecule has 1 atom stereocenters. The van der Waals surface area contributed by atoms with Crippen LogP contribution in [0.1, 0.15) is 60.3 Å². The van der Waals surface area contributed by atoms with Gasteiger partial charge < -0.3 is 9.16 Å². The largest absolute Gasteiger partial charge is 0.466 e. The quantitative estimate of drug-likeness (QED) is 0.297. The van der Waals surface area contributed by atoms with Gasteiger partial charge in [-0.15, -0.1) is 0 Å². The lowest BCUT2D eigenvalue weighted by molar-refractivity contribution is -0.145. The minimum atomic E-state index is -2.61. The molecule has 0 amide bonds. The molecule has 172 valence electrons. The Balaban J connectivity index is 2.00. The second-order valence-electron chi connectivity index (χ2n) is 10.1. The predicted molar refractivity (Wildman–Crippen MR) is 135 cm³/mol. The Morgan fingerprint density at radius 2 is 1.56 bits per heavy atom. The van der Waals surface area contributed by atoms with E-state index in [0.717, 1.165) is 19.3 Å². The van der Waals surface area contributed by atoms with E-state index in [9.17, 15) is 4.79 Å². The van der Waals surface area contributed by atoms with Gasteiger partial charge in [-0.3, -0.25) is 4.79 Å². The molecule has 0 spiro atoms. The summed E-state index contributed by atoms with van der Waals surface area (Å²) in [5.74, 6) is -0.117. The molecule has 0 bridgehead atoms. The molecular formula is C28H38O3Si. The van der Waals surface area contributed by atoms with E-state index >= 15 is 0 Å². The summed E-state index contributed by atoms with van der Waals surface area (Å²) in [6, 6.07) is 21.5. The van der Waals surface area contributed by atoms with Crippen molar-refractivity contribution in [1.29, 1.82) is 0 Å². The maximum atomic E-state index is 12.4. The summed E-state index contributed by atoms with van der Waals surface area (Å²) in [5.41, 5.74) is 1.03. The fraction of sp³-hybridized carbons (Fsp3) is 0.464. The lowest BCUT2D eigenvalue weighted by atomic mass is 9.72. The van der Waals surface area contributed by atoms with Crippen molar-refractivity contribution >= 4 is 24.7 Å². The van der Waals surface area contributed by atoms with Crippen LogP contribution < -0.4 is 10.4 Å². The Hall–Kier alpha value is -2.17. The van der Waals surface area contributed by atoms with Crippen molar-refractivity contribution in [3.63, 3.8) is 0 Å². The Morgan fingerprint density at radius 3 is 2.06 bits per heavy atom. The van der Waals surface area contributed by atoms with Crippen molar-refractivity contribution < 1.29 is 14.0 Å². The minimum Gasteiger partial charge on any atom is -0.466 e. The first-order chi connectivity index (χ1) is 15.2. The third-order valence-corrected chi connectivity index (χ3v) is 11.8. The molecule has 0 fully saturated rings. The molecule has 0 saturated carbocycles. The Labute approximate surface area is 195 Å². The van der Waals surface area contributed by atoms with Crippen LogP contribution in [0.15, 0.2) is 72.3 Å². The van der Waals surface area contributed by atoms with Gasteiger partial charge in [0, 0.05) is 5.41 Å². The van der Waals surface area contributed by atoms with Crippen LogP contribution in [-0.4, -0.2) is 27.5 Å². The van der Waals surface area contributed by atoms with E-state index in [-0.39, 0.29) is 16.4 Å². The molecule has 0 radical (unpaired) electrons. The third kappa shape index (κ3) is 5.07. The second-order valence-corrected chi connectivity index (χ2v) is 14.4. The molecular weight excluding hydrogens is 412 g/mol. The van der Waals surface area contributed by atoms with Crippen molar-refractivity contribution in [1.82, 2.24) is 0 Å². The van der Waals surface area contributed by atoms with Crippen molar-refractivity contribution in [2.45, 2.75) is 65.3 Å². The van der Waals surface area contributed by atoms with Crippen LogP contribution in [0.5, 0.6) is 0 Å². The first-order valence-corrected chi connectivity index (χ1v) is 13.7. The summed E-state index contributed by atoms with van der Waals surface area (Å²) in [7, 11) is -2.61. The van der Waals surface area contributed by atoms with Gasteiger partial charge in [-0.05, 0) is 47.2 Å². The fourth-order valence-corrected chi connectivity index (χ4v) is 9.62. The number of carbonyl (C=O) groups is 1. The number of allylic oxidation sites excluding steroid dienone is 1. The van der Waals surface area contributed by atoms with Gasteiger partial charge in [0.15, 0.2) is 0 Å². The molecule has 0 N–H and O–H groups in total. The Morgan fingerprint density at radius 1 is 1.00 bits per heavy atom. The van der Waals surface area contributed by atoms with E-state index in [1.54, 1.807) is 0 Å². The molecule has 2 aromatic rings. The molecule has 0 aromatic heterocycles. The van der Waals surface area contributed by atoms with E-state index in [4.69, 9.17) is 9.16 Å². The van der Waals surface area contributed by atoms with Crippen LogP contribution >= 0.6 is 0 Å². The third-order valence-electron chi connectivity index (χ3n) is 6.80. The number of hydrogen-bond donors (Lipinski definition) is 0. The van der Waals surface area contributed by atoms with Crippen LogP contribution in [0.3, 0.4) is 0 Å². The lowest BCUT2D eigenvalue weighted by Crippen LogP contribution is -2.66. The summed E-state index contributed by atoms with van der Waals surface area (Å²) in [6.45, 7) is 11.9. The number of esters is 1. The summed E-state index contributed by atoms with van der Waals surface area (Å²) in [6.07, 6.45) is 5.84. The Kier molecular flexibility index (Phi) is 7.78. The van der Waals surface area contributed by atoms with Crippen LogP contribution in [0.4, 0.5) is 0 Å². The summed E-state index contributed by atoms with van der Waals surface area (Å²) < 4.78 is 12.5. The number of carbonyl (C=O) groups excluding carboxylic acids is 1. The number of rotatable bonds is 8. The molecule has 32 heavy (non-hydrogen) atoms. The SMILES string of the molecule is CCOC(=O)CC1(C)CCCC=C1CO[Si](c1ccccc1)(c1ccccc1)C(C)(C)C. The zero-order valence-corrected chi connectivity index (χ0v) is 21.3. The van der Waals surface area contributed by atoms with Gasteiger partial charge in [0.25, 0.3) is 8.32 Å². The molecule has 0 heterocycles. The first-order valence-electron chi connectivity index (χ1n) is 11.8. The van der Waals surface area contributed by atoms with Crippen molar-refractivity contribution in [3.8, 4) is 0 Å². The summed E-state index contributed by atoms with van der Waals surface area (Å²) >= 11 is 0. The highest BCUT2D eigenvalue weighted by atomic mass is 28.4. The molecule has 1 aliphatic rings. The number of ether oxygens (including phenoxy) is 1. The van der Waals surface area contributed by atoms with Gasteiger partial charge in [0.1, 0.15) is 0 Å². The average Bonchev–Trinajstić information content (AvgIpc) is 2.76. The second kappa shape index (κ2) is 10.2. The smallest absolute Gasteiger partial charge is 0.306 e. The van der Waals surface area contributed by atoms with Crippen LogP contribution in [-0.2, 0) is 14.0 Å². The summed E-state index contributed by atoms with van der Waals surface area (Å²) in [4.78, 5) is 12.4. The van der Waals surface area contributed by atoms with Gasteiger partial charge >= 0.3 is 5.97 Å². The average molecular weight is 451 g/mol. The number of benzene rings is 2. The standard InChI is InChI=1S/C28H38O3Si/c1-6-30-26(29)21-28(5)20-14-13-15-23(28)22-31-32(27(2,3)4,24-16-9-7-10-17-24)25-18-11-8-12-19-25/h7-12,15-19H,6,13-14,20-22H2,1-5H3.